The van der Waals surface area contributed by atoms with Crippen LogP contribution in [0.3, 0.4) is 0 Å². The molecule has 24 heavy (non-hydrogen) atoms. The highest BCUT2D eigenvalue weighted by molar-refractivity contribution is 7.99. The Morgan fingerprint density at radius 1 is 1.21 bits per heavy atom. The molecule has 0 atom stereocenters. The monoisotopic (exact) mass is 361 g/mol. The molecule has 0 saturated carbocycles. The molecule has 2 heterocycles. The molecular formula is C18H20ClN3OS. The average Bonchev–Trinajstić information content (AvgIpc) is 2.86. The van der Waals surface area contributed by atoms with Gasteiger partial charge in [-0.25, -0.2) is 0 Å². The van der Waals surface area contributed by atoms with Crippen molar-refractivity contribution in [2.24, 2.45) is 0 Å². The molecule has 0 unspecified atom stereocenters. The van der Waals surface area contributed by atoms with E-state index in [2.05, 4.69) is 21.7 Å². The molecule has 126 valence electrons. The highest BCUT2D eigenvalue weighted by Crippen LogP contribution is 2.33. The number of fused-ring (bicyclic) bond motifs is 1. The Balaban J connectivity index is 1.58. The molecule has 2 N–H and O–H groups in total. The summed E-state index contributed by atoms with van der Waals surface area (Å²) in [5.74, 6) is 0.723. The second kappa shape index (κ2) is 8.51. The van der Waals surface area contributed by atoms with Crippen LogP contribution in [0.1, 0.15) is 21.5 Å². The van der Waals surface area contributed by atoms with E-state index in [0.717, 1.165) is 41.6 Å². The Morgan fingerprint density at radius 3 is 2.83 bits per heavy atom. The lowest BCUT2D eigenvalue weighted by molar-refractivity contribution is 0.0956. The average molecular weight is 362 g/mol. The smallest absolute Gasteiger partial charge is 0.251 e. The zero-order valence-electron chi connectivity index (χ0n) is 13.3. The van der Waals surface area contributed by atoms with Crippen molar-refractivity contribution in [2.45, 2.75) is 17.7 Å². The van der Waals surface area contributed by atoms with Gasteiger partial charge in [0, 0.05) is 35.2 Å². The van der Waals surface area contributed by atoms with Crippen molar-refractivity contribution >= 4 is 29.3 Å². The summed E-state index contributed by atoms with van der Waals surface area (Å²) >= 11 is 8.14. The van der Waals surface area contributed by atoms with Gasteiger partial charge in [-0.05, 0) is 55.3 Å². The molecule has 0 saturated heterocycles. The van der Waals surface area contributed by atoms with Crippen LogP contribution in [0.15, 0.2) is 41.6 Å². The Bertz CT molecular complexity index is 709. The first-order valence-electron chi connectivity index (χ1n) is 8.07. The third-order valence-corrected chi connectivity index (χ3v) is 5.60. The number of aromatic nitrogens is 1. The van der Waals surface area contributed by atoms with Crippen molar-refractivity contribution in [1.29, 1.82) is 0 Å². The van der Waals surface area contributed by atoms with Crippen molar-refractivity contribution in [3.8, 4) is 0 Å². The summed E-state index contributed by atoms with van der Waals surface area (Å²) in [6.07, 6.45) is 5.29. The molecule has 0 fully saturated rings. The maximum absolute atomic E-state index is 12.0. The van der Waals surface area contributed by atoms with Gasteiger partial charge >= 0.3 is 0 Å². The number of nitrogens with one attached hydrogen (secondary N) is 2. The van der Waals surface area contributed by atoms with E-state index in [9.17, 15) is 4.79 Å². The van der Waals surface area contributed by atoms with Crippen LogP contribution in [-0.2, 0) is 12.8 Å². The summed E-state index contributed by atoms with van der Waals surface area (Å²) in [5, 5.41) is 7.17. The van der Waals surface area contributed by atoms with E-state index in [-0.39, 0.29) is 5.91 Å². The van der Waals surface area contributed by atoms with E-state index in [1.54, 1.807) is 36.3 Å². The van der Waals surface area contributed by atoms with E-state index < -0.39 is 0 Å². The van der Waals surface area contributed by atoms with Gasteiger partial charge in [-0.15, -0.1) is 11.8 Å². The number of carbonyl (C=O) groups excluding carboxylic acids is 1. The highest BCUT2D eigenvalue weighted by Gasteiger charge is 2.15. The minimum absolute atomic E-state index is 0.0693. The van der Waals surface area contributed by atoms with Gasteiger partial charge in [0.2, 0.25) is 0 Å². The van der Waals surface area contributed by atoms with Crippen LogP contribution in [0, 0.1) is 0 Å². The van der Waals surface area contributed by atoms with Gasteiger partial charge in [-0.2, -0.15) is 0 Å². The van der Waals surface area contributed by atoms with Crippen molar-refractivity contribution in [1.82, 2.24) is 15.6 Å². The summed E-state index contributed by atoms with van der Waals surface area (Å²) < 4.78 is 0. The summed E-state index contributed by atoms with van der Waals surface area (Å²) in [7, 11) is 0. The fourth-order valence-electron chi connectivity index (χ4n) is 2.79. The third kappa shape index (κ3) is 4.29. The first-order chi connectivity index (χ1) is 11.8. The molecule has 1 amide bonds. The molecule has 6 heteroatoms. The number of halogens is 1. The largest absolute Gasteiger partial charge is 0.351 e. The van der Waals surface area contributed by atoms with Gasteiger partial charge in [-0.3, -0.25) is 9.78 Å². The van der Waals surface area contributed by atoms with Gasteiger partial charge < -0.3 is 10.6 Å². The maximum atomic E-state index is 12.0. The van der Waals surface area contributed by atoms with E-state index in [1.165, 1.54) is 11.1 Å². The molecule has 0 radical (unpaired) electrons. The predicted octanol–water partition coefficient (Wildman–Crippen LogP) is 2.95. The highest BCUT2D eigenvalue weighted by atomic mass is 35.5. The van der Waals surface area contributed by atoms with Crippen LogP contribution in [0.2, 0.25) is 5.02 Å². The van der Waals surface area contributed by atoms with E-state index in [0.29, 0.717) is 12.1 Å². The number of pyridine rings is 1. The summed E-state index contributed by atoms with van der Waals surface area (Å²) in [4.78, 5) is 17.1. The molecule has 1 aromatic carbocycles. The van der Waals surface area contributed by atoms with E-state index >= 15 is 0 Å². The standard InChI is InChI=1S/C18H20ClN3OS/c19-16-2-1-13-3-7-21-10-6-15(13)17(16)24-12-11-22-18(23)14-4-8-20-9-5-14/h1-2,4-5,8-9,21H,3,6-7,10-12H2,(H,22,23). The zero-order valence-corrected chi connectivity index (χ0v) is 14.9. The topological polar surface area (TPSA) is 54.0 Å². The number of carbonyl (C=O) groups is 1. The van der Waals surface area contributed by atoms with Crippen LogP contribution in [-0.4, -0.2) is 36.3 Å². The lowest BCUT2D eigenvalue weighted by atomic mass is 10.0. The van der Waals surface area contributed by atoms with Crippen LogP contribution >= 0.6 is 23.4 Å². The quantitative estimate of drug-likeness (QED) is 0.635. The Morgan fingerprint density at radius 2 is 2.00 bits per heavy atom. The second-order valence-corrected chi connectivity index (χ2v) is 7.12. The summed E-state index contributed by atoms with van der Waals surface area (Å²) in [6, 6.07) is 7.55. The van der Waals surface area contributed by atoms with Crippen molar-refractivity contribution in [2.75, 3.05) is 25.4 Å². The molecule has 1 aromatic heterocycles. The Kier molecular flexibility index (Phi) is 6.12. The third-order valence-electron chi connectivity index (χ3n) is 4.01. The fraction of sp³-hybridized carbons (Fsp3) is 0.333. The minimum Gasteiger partial charge on any atom is -0.351 e. The summed E-state index contributed by atoms with van der Waals surface area (Å²) in [6.45, 7) is 2.60. The number of amides is 1. The number of hydrogen-bond acceptors (Lipinski definition) is 4. The molecule has 4 nitrogen and oxygen atoms in total. The first kappa shape index (κ1) is 17.3. The first-order valence-corrected chi connectivity index (χ1v) is 9.44. The van der Waals surface area contributed by atoms with Gasteiger partial charge in [0.05, 0.1) is 5.02 Å². The van der Waals surface area contributed by atoms with Gasteiger partial charge in [0.1, 0.15) is 0 Å². The minimum atomic E-state index is -0.0693. The molecule has 1 aliphatic rings. The van der Waals surface area contributed by atoms with E-state index in [4.69, 9.17) is 11.6 Å². The predicted molar refractivity (Wildman–Crippen MR) is 99.0 cm³/mol. The SMILES string of the molecule is O=C(NCCSc1c(Cl)ccc2c1CCNCC2)c1ccncc1. The molecular weight excluding hydrogens is 342 g/mol. The number of nitrogens with zero attached hydrogens (tertiary/aromatic N) is 1. The number of hydrogen-bond donors (Lipinski definition) is 2. The van der Waals surface area contributed by atoms with Crippen LogP contribution in [0.5, 0.6) is 0 Å². The molecule has 1 aliphatic heterocycles. The normalized spacial score (nSPS) is 13.9. The number of thioether (sulfide) groups is 1. The molecule has 2 aromatic rings. The fourth-order valence-corrected chi connectivity index (χ4v) is 4.15. The Hall–Kier alpha value is -1.56. The van der Waals surface area contributed by atoms with Crippen molar-refractivity contribution < 1.29 is 4.79 Å². The lowest BCUT2D eigenvalue weighted by Gasteiger charge is -2.14. The number of rotatable bonds is 5. The van der Waals surface area contributed by atoms with Crippen molar-refractivity contribution in [3.05, 3.63) is 58.4 Å². The van der Waals surface area contributed by atoms with Gasteiger partial charge in [-0.1, -0.05) is 17.7 Å². The van der Waals surface area contributed by atoms with Crippen LogP contribution in [0.25, 0.3) is 0 Å². The lowest BCUT2D eigenvalue weighted by Crippen LogP contribution is -2.25. The molecule has 0 spiro atoms. The molecule has 0 bridgehead atoms. The van der Waals surface area contributed by atoms with Crippen LogP contribution < -0.4 is 10.6 Å². The van der Waals surface area contributed by atoms with Crippen LogP contribution in [0.4, 0.5) is 0 Å². The van der Waals surface area contributed by atoms with Crippen molar-refractivity contribution in [3.63, 3.8) is 0 Å². The number of benzene rings is 1. The van der Waals surface area contributed by atoms with Gasteiger partial charge in [0.15, 0.2) is 0 Å². The zero-order chi connectivity index (χ0) is 16.8. The maximum Gasteiger partial charge on any atom is 0.251 e. The molecule has 3 rings (SSSR count). The van der Waals surface area contributed by atoms with Gasteiger partial charge in [0.25, 0.3) is 5.91 Å². The Labute approximate surface area is 151 Å². The summed E-state index contributed by atoms with van der Waals surface area (Å²) in [5.41, 5.74) is 3.37. The van der Waals surface area contributed by atoms with E-state index in [1.807, 2.05) is 6.07 Å². The molecule has 0 aliphatic carbocycles. The second-order valence-electron chi connectivity index (χ2n) is 5.60.